The van der Waals surface area contributed by atoms with Crippen LogP contribution in [0.2, 0.25) is 0 Å². The molecule has 0 bridgehead atoms. The summed E-state index contributed by atoms with van der Waals surface area (Å²) in [6, 6.07) is 0. The minimum atomic E-state index is -0.547. The van der Waals surface area contributed by atoms with Crippen LogP contribution in [0.5, 0.6) is 0 Å². The maximum atomic E-state index is 9.68. The van der Waals surface area contributed by atoms with Crippen LogP contribution in [0.1, 0.15) is 6.92 Å². The van der Waals surface area contributed by atoms with E-state index < -0.39 is 6.10 Å². The van der Waals surface area contributed by atoms with Crippen molar-refractivity contribution in [1.82, 2.24) is 9.78 Å². The van der Waals surface area contributed by atoms with Crippen molar-refractivity contribution in [3.05, 3.63) is 12.4 Å². The fourth-order valence-electron chi connectivity index (χ4n) is 1.37. The molecule has 0 aliphatic heterocycles. The summed E-state index contributed by atoms with van der Waals surface area (Å²) in [6.07, 6.45) is 3.00. The van der Waals surface area contributed by atoms with E-state index in [2.05, 4.69) is 10.4 Å². The summed E-state index contributed by atoms with van der Waals surface area (Å²) in [5, 5.41) is 16.8. The molecule has 98 valence electrons. The van der Waals surface area contributed by atoms with Crippen molar-refractivity contribution in [2.75, 3.05) is 32.2 Å². The lowest BCUT2D eigenvalue weighted by molar-refractivity contribution is -0.0282. The minimum absolute atomic E-state index is 0.00644. The van der Waals surface area contributed by atoms with Crippen LogP contribution < -0.4 is 5.32 Å². The second-order valence-electron chi connectivity index (χ2n) is 4.04. The lowest BCUT2D eigenvalue weighted by atomic mass is 10.3. The molecular formula is C11H21N3O3. The summed E-state index contributed by atoms with van der Waals surface area (Å²) in [4.78, 5) is 0. The quantitative estimate of drug-likeness (QED) is 0.685. The Morgan fingerprint density at radius 1 is 1.53 bits per heavy atom. The molecule has 1 aromatic heterocycles. The number of anilines is 1. The number of nitrogens with one attached hydrogen (secondary N) is 1. The molecule has 0 amide bonds. The second kappa shape index (κ2) is 7.26. The van der Waals surface area contributed by atoms with Crippen molar-refractivity contribution >= 4 is 5.69 Å². The maximum absolute atomic E-state index is 9.68. The average molecular weight is 243 g/mol. The number of aromatic nitrogens is 2. The number of aliphatic hydroxyl groups is 1. The molecule has 6 heteroatoms. The van der Waals surface area contributed by atoms with Gasteiger partial charge in [-0.05, 0) is 6.92 Å². The number of nitrogens with zero attached hydrogens (tertiary/aromatic N) is 2. The largest absolute Gasteiger partial charge is 0.389 e. The van der Waals surface area contributed by atoms with Gasteiger partial charge in [0.05, 0.1) is 37.3 Å². The molecule has 0 fully saturated rings. The van der Waals surface area contributed by atoms with Crippen molar-refractivity contribution in [1.29, 1.82) is 0 Å². The van der Waals surface area contributed by atoms with E-state index >= 15 is 0 Å². The number of hydrogen-bond donors (Lipinski definition) is 2. The zero-order valence-electron chi connectivity index (χ0n) is 10.6. The second-order valence-corrected chi connectivity index (χ2v) is 4.04. The van der Waals surface area contributed by atoms with Crippen LogP contribution >= 0.6 is 0 Å². The third-order valence-electron chi connectivity index (χ3n) is 2.22. The van der Waals surface area contributed by atoms with E-state index in [1.54, 1.807) is 18.0 Å². The van der Waals surface area contributed by atoms with Gasteiger partial charge in [0, 0.05) is 26.9 Å². The predicted molar refractivity (Wildman–Crippen MR) is 65.0 cm³/mol. The highest BCUT2D eigenvalue weighted by Gasteiger charge is 2.08. The Hall–Kier alpha value is -1.11. The molecule has 0 aliphatic rings. The summed E-state index contributed by atoms with van der Waals surface area (Å²) in [5.74, 6) is 0. The average Bonchev–Trinajstić information content (AvgIpc) is 2.70. The number of ether oxygens (including phenoxy) is 2. The Kier molecular flexibility index (Phi) is 5.96. The highest BCUT2D eigenvalue weighted by atomic mass is 16.5. The predicted octanol–water partition coefficient (Wildman–Crippen LogP) is 0.244. The topological polar surface area (TPSA) is 68.5 Å². The van der Waals surface area contributed by atoms with Gasteiger partial charge in [-0.1, -0.05) is 0 Å². The summed E-state index contributed by atoms with van der Waals surface area (Å²) >= 11 is 0. The van der Waals surface area contributed by atoms with Crippen LogP contribution in [0.3, 0.4) is 0 Å². The summed E-state index contributed by atoms with van der Waals surface area (Å²) in [5.41, 5.74) is 0.886. The van der Waals surface area contributed by atoms with Gasteiger partial charge in [0.1, 0.15) is 0 Å². The molecule has 0 aliphatic carbocycles. The standard InChI is InChI=1S/C11H21N3O3/c1-9(7-16-3)17-8-11(15)5-12-10-4-13-14(2)6-10/h4,6,9,11-12,15H,5,7-8H2,1-3H3. The van der Waals surface area contributed by atoms with Crippen LogP contribution in [0.4, 0.5) is 5.69 Å². The molecule has 6 nitrogen and oxygen atoms in total. The third-order valence-corrected chi connectivity index (χ3v) is 2.22. The van der Waals surface area contributed by atoms with E-state index in [1.165, 1.54) is 0 Å². The highest BCUT2D eigenvalue weighted by Crippen LogP contribution is 2.03. The molecule has 1 aromatic rings. The summed E-state index contributed by atoms with van der Waals surface area (Å²) in [6.45, 7) is 3.16. The highest BCUT2D eigenvalue weighted by molar-refractivity contribution is 5.37. The molecule has 17 heavy (non-hydrogen) atoms. The van der Waals surface area contributed by atoms with Gasteiger partial charge in [-0.2, -0.15) is 5.10 Å². The molecule has 2 unspecified atom stereocenters. The molecule has 2 atom stereocenters. The van der Waals surface area contributed by atoms with E-state index in [0.29, 0.717) is 13.2 Å². The first-order chi connectivity index (χ1) is 8.11. The van der Waals surface area contributed by atoms with Gasteiger partial charge in [-0.15, -0.1) is 0 Å². The van der Waals surface area contributed by atoms with Crippen LogP contribution in [0.25, 0.3) is 0 Å². The van der Waals surface area contributed by atoms with E-state index in [-0.39, 0.29) is 12.7 Å². The first-order valence-corrected chi connectivity index (χ1v) is 5.63. The van der Waals surface area contributed by atoms with Crippen molar-refractivity contribution in [3.8, 4) is 0 Å². The van der Waals surface area contributed by atoms with E-state index in [9.17, 15) is 5.11 Å². The monoisotopic (exact) mass is 243 g/mol. The van der Waals surface area contributed by atoms with E-state index in [1.807, 2.05) is 20.2 Å². The molecule has 2 N–H and O–H groups in total. The van der Waals surface area contributed by atoms with E-state index in [0.717, 1.165) is 5.69 Å². The molecule has 0 aromatic carbocycles. The van der Waals surface area contributed by atoms with Gasteiger partial charge in [0.15, 0.2) is 0 Å². The summed E-state index contributed by atoms with van der Waals surface area (Å²) < 4.78 is 12.0. The van der Waals surface area contributed by atoms with Crippen LogP contribution in [0.15, 0.2) is 12.4 Å². The zero-order valence-corrected chi connectivity index (χ0v) is 10.6. The maximum Gasteiger partial charge on any atom is 0.0945 e. The van der Waals surface area contributed by atoms with Crippen LogP contribution in [-0.4, -0.2) is 54.0 Å². The molecule has 0 spiro atoms. The first kappa shape index (κ1) is 14.0. The van der Waals surface area contributed by atoms with Gasteiger partial charge in [0.2, 0.25) is 0 Å². The van der Waals surface area contributed by atoms with Crippen molar-refractivity contribution in [2.45, 2.75) is 19.1 Å². The molecule has 0 radical (unpaired) electrons. The van der Waals surface area contributed by atoms with Crippen molar-refractivity contribution in [2.24, 2.45) is 7.05 Å². The zero-order chi connectivity index (χ0) is 12.7. The Labute approximate surface area is 102 Å². The number of aryl methyl sites for hydroxylation is 1. The Morgan fingerprint density at radius 3 is 2.88 bits per heavy atom. The number of methoxy groups -OCH3 is 1. The van der Waals surface area contributed by atoms with Gasteiger partial charge in [-0.3, -0.25) is 4.68 Å². The normalized spacial score (nSPS) is 14.6. The van der Waals surface area contributed by atoms with Gasteiger partial charge in [-0.25, -0.2) is 0 Å². The third kappa shape index (κ3) is 5.67. The lowest BCUT2D eigenvalue weighted by Gasteiger charge is -2.16. The molecule has 1 rings (SSSR count). The SMILES string of the molecule is COCC(C)OCC(O)CNc1cnn(C)c1. The van der Waals surface area contributed by atoms with Gasteiger partial charge < -0.3 is 19.9 Å². The number of hydrogen-bond acceptors (Lipinski definition) is 5. The van der Waals surface area contributed by atoms with Crippen molar-refractivity contribution < 1.29 is 14.6 Å². The van der Waals surface area contributed by atoms with Gasteiger partial charge >= 0.3 is 0 Å². The molecule has 0 saturated carbocycles. The molecule has 1 heterocycles. The Balaban J connectivity index is 2.14. The minimum Gasteiger partial charge on any atom is -0.389 e. The fourth-order valence-corrected chi connectivity index (χ4v) is 1.37. The first-order valence-electron chi connectivity index (χ1n) is 5.63. The molecular weight excluding hydrogens is 222 g/mol. The van der Waals surface area contributed by atoms with Crippen LogP contribution in [-0.2, 0) is 16.5 Å². The van der Waals surface area contributed by atoms with Gasteiger partial charge in [0.25, 0.3) is 0 Å². The van der Waals surface area contributed by atoms with Crippen molar-refractivity contribution in [3.63, 3.8) is 0 Å². The Morgan fingerprint density at radius 2 is 2.29 bits per heavy atom. The van der Waals surface area contributed by atoms with Crippen LogP contribution in [0, 0.1) is 0 Å². The van der Waals surface area contributed by atoms with E-state index in [4.69, 9.17) is 9.47 Å². The summed E-state index contributed by atoms with van der Waals surface area (Å²) in [7, 11) is 3.47. The fraction of sp³-hybridized carbons (Fsp3) is 0.727. The molecule has 0 saturated heterocycles. The number of aliphatic hydroxyl groups excluding tert-OH is 1. The number of rotatable bonds is 8. The lowest BCUT2D eigenvalue weighted by Crippen LogP contribution is -2.28. The Bertz CT molecular complexity index is 317. The smallest absolute Gasteiger partial charge is 0.0945 e.